The summed E-state index contributed by atoms with van der Waals surface area (Å²) in [5.74, 6) is -20.3. The van der Waals surface area contributed by atoms with Crippen LogP contribution in [-0.4, -0.2) is 341 Å². The molecule has 5 rings (SSSR count). The Balaban J connectivity index is 1.44. The standard InChI is InChI=1S/C81H124N22O26/c1-44(2)37-56(76(125)126)94-73(122)65(81(3,4)5)97-69(118)53(38-45-15-19-48(104)20-16-45)93-70(119)57-13-9-29-101(57)75(124)52(12-8-28-88-77(84)85)91-72(121)64(47-25-31-100(32-26-47)78(86)87)96-71(120)58-14-10-30-102(58)74(123)51(11-6-7-27-82)90-68(117)55(40-59(83)106)92-66(115)50(23-24-60(107)108)89-67(116)54(39-46-17-21-49(105)22-18-46)95-79(127)103(80(128)129)36-35-98(41-61(109)110)33-34-99(42-62(111)112)43-63(113)114/h15-22,44,47,50-58,64-65,104-105H,6-14,23-43,82H2,1-5H3,(H2,83,106)(H3,86,87)(H,89,116)(H,90,117)(H,91,121)(H,92,115)(H,93,119)(H,94,122)(H,95,127)(H,96,120)(H,97,118)(H,107,108)(H,109,110)(H,111,112)(H,113,114)(H,125,126)(H,128,129)(H4,84,85,88)/t50-,51-,52-,53-,54+,55-,56-,57-,58-,64-,65+/m0/s1. The maximum Gasteiger partial charge on any atom is 0.415 e. The van der Waals surface area contributed by atoms with E-state index in [-0.39, 0.29) is 170 Å². The number of nitrogens with one attached hydrogen (secondary N) is 12. The van der Waals surface area contributed by atoms with Gasteiger partial charge in [-0.05, 0) is 143 Å². The van der Waals surface area contributed by atoms with Gasteiger partial charge in [0.15, 0.2) is 11.9 Å². The summed E-state index contributed by atoms with van der Waals surface area (Å²) in [5, 5.41) is 120. The van der Waals surface area contributed by atoms with Crippen LogP contribution in [-0.2, 0) is 89.6 Å². The van der Waals surface area contributed by atoms with Gasteiger partial charge in [0.2, 0.25) is 65.0 Å². The number of nitrogens with two attached hydrogens (primary N) is 4. The number of unbranched alkanes of at least 4 members (excludes halogenated alkanes) is 1. The molecule has 48 nitrogen and oxygen atoms in total. The van der Waals surface area contributed by atoms with E-state index >= 15 is 19.2 Å². The number of hydrogen-bond acceptors (Lipinski definition) is 25. The lowest BCUT2D eigenvalue weighted by atomic mass is 9.85. The van der Waals surface area contributed by atoms with Crippen LogP contribution in [0.25, 0.3) is 0 Å². The number of rotatable bonds is 52. The monoisotopic (exact) mass is 1820 g/mol. The van der Waals surface area contributed by atoms with E-state index in [1.54, 1.807) is 34.6 Å². The number of imide groups is 1. The number of likely N-dealkylation sites (tertiary alicyclic amines) is 3. The summed E-state index contributed by atoms with van der Waals surface area (Å²) in [4.78, 5) is 253. The topological polar surface area (TPSA) is 761 Å². The van der Waals surface area contributed by atoms with Crippen molar-refractivity contribution >= 4 is 119 Å². The Labute approximate surface area is 743 Å². The molecular weight excluding hydrogens is 1700 g/mol. The Morgan fingerprint density at radius 2 is 0.938 bits per heavy atom. The summed E-state index contributed by atoms with van der Waals surface area (Å²) < 4.78 is 0. The normalized spacial score (nSPS) is 16.6. The molecule has 2 aromatic rings. The van der Waals surface area contributed by atoms with Crippen molar-refractivity contribution in [2.24, 2.45) is 40.2 Å². The third kappa shape index (κ3) is 35.8. The number of phenolic OH excluding ortho intramolecular Hbond substituents is 2. The van der Waals surface area contributed by atoms with Gasteiger partial charge in [-0.1, -0.05) is 58.9 Å². The molecule has 3 heterocycles. The quantitative estimate of drug-likeness (QED) is 0.0169. The van der Waals surface area contributed by atoms with Crippen molar-refractivity contribution in [3.05, 3.63) is 59.7 Å². The van der Waals surface area contributed by atoms with E-state index in [4.69, 9.17) is 33.8 Å². The number of primary amides is 1. The summed E-state index contributed by atoms with van der Waals surface area (Å²) in [7, 11) is 0. The van der Waals surface area contributed by atoms with Crippen LogP contribution < -0.4 is 76.1 Å². The number of phenols is 2. The zero-order chi connectivity index (χ0) is 96.3. The first-order valence-electron chi connectivity index (χ1n) is 42.3. The number of carbonyl (C=O) groups is 18. The highest BCUT2D eigenvalue weighted by Gasteiger charge is 2.46. The van der Waals surface area contributed by atoms with E-state index < -0.39 is 249 Å². The smallest absolute Gasteiger partial charge is 0.415 e. The fourth-order valence-corrected chi connectivity index (χ4v) is 15.1. The number of hydrogen-bond donors (Lipinski definition) is 24. The minimum atomic E-state index is -2.04. The molecule has 0 aliphatic carbocycles. The molecular formula is C81H124N22O26. The lowest BCUT2D eigenvalue weighted by Crippen LogP contribution is -2.62. The fraction of sp³-hybridized carbons (Fsp3) is 0.605. The van der Waals surface area contributed by atoms with Crippen molar-refractivity contribution in [2.75, 3.05) is 85.1 Å². The second-order valence-corrected chi connectivity index (χ2v) is 33.4. The number of benzene rings is 2. The SMILES string of the molecule is CC(C)C[C@H](NC(=O)[C@@H](NC(=O)[C@H](Cc1ccc(O)cc1)NC(=O)[C@@H]1CCCN1C(=O)[C@H](CCCNC(=N)N)NC(=O)[C@@H](NC(=O)[C@@H]1CCCN1C(=O)[C@H](CCCCN)NC(=O)[C@H](CC(N)=O)NC(=O)[C@H](CCC(=O)O)NC(=O)[C@@H](Cc1ccc(O)cc1)NC(=O)N(CCN(CCN(CC(=O)O)CC(=O)O)CC(=O)O)C(=O)O)C1CCN(C(=N)N)CC1)C(C)(C)C)C(=O)O. The minimum absolute atomic E-state index is 0.00134. The molecule has 3 saturated heterocycles. The van der Waals surface area contributed by atoms with Gasteiger partial charge in [-0.2, -0.15) is 0 Å². The summed E-state index contributed by atoms with van der Waals surface area (Å²) in [6.07, 6.45) is -4.71. The molecule has 0 bridgehead atoms. The number of amides is 14. The Morgan fingerprint density at radius 3 is 1.41 bits per heavy atom. The molecule has 48 heteroatoms. The largest absolute Gasteiger partial charge is 0.508 e. The number of aromatic hydroxyl groups is 2. The number of guanidine groups is 2. The third-order valence-electron chi connectivity index (χ3n) is 21.7. The second kappa shape index (κ2) is 51.5. The van der Waals surface area contributed by atoms with Crippen LogP contribution in [0.5, 0.6) is 11.5 Å². The zero-order valence-corrected chi connectivity index (χ0v) is 72.8. The molecule has 28 N–H and O–H groups in total. The number of urea groups is 1. The summed E-state index contributed by atoms with van der Waals surface area (Å²) >= 11 is 0. The van der Waals surface area contributed by atoms with Crippen LogP contribution in [0.4, 0.5) is 9.59 Å². The maximum absolute atomic E-state index is 15.4. The average molecular weight is 1820 g/mol. The molecule has 3 aliphatic rings. The first kappa shape index (κ1) is 106. The maximum atomic E-state index is 15.4. The van der Waals surface area contributed by atoms with Crippen molar-refractivity contribution < 1.29 is 127 Å². The summed E-state index contributed by atoms with van der Waals surface area (Å²) in [6, 6.07) is -8.35. The van der Waals surface area contributed by atoms with Crippen LogP contribution in [0.1, 0.15) is 142 Å². The number of nitrogens with zero attached hydrogens (tertiary/aromatic N) is 6. The number of piperidine rings is 1. The minimum Gasteiger partial charge on any atom is -0.508 e. The fourth-order valence-electron chi connectivity index (χ4n) is 15.1. The second-order valence-electron chi connectivity index (χ2n) is 33.4. The Hall–Kier alpha value is -13.3. The van der Waals surface area contributed by atoms with Crippen molar-refractivity contribution in [1.82, 2.24) is 82.6 Å². The first-order valence-corrected chi connectivity index (χ1v) is 42.3. The predicted molar refractivity (Wildman–Crippen MR) is 457 cm³/mol. The highest BCUT2D eigenvalue weighted by atomic mass is 16.4. The van der Waals surface area contributed by atoms with Crippen LogP contribution in [0.3, 0.4) is 0 Å². The lowest BCUT2D eigenvalue weighted by Gasteiger charge is -2.37. The molecule has 14 amide bonds. The molecule has 3 aliphatic heterocycles. The zero-order valence-electron chi connectivity index (χ0n) is 72.8. The molecule has 0 saturated carbocycles. The number of carbonyl (C=O) groups excluding carboxylic acids is 12. The predicted octanol–water partition coefficient (Wildman–Crippen LogP) is -4.43. The van der Waals surface area contributed by atoms with Gasteiger partial charge in [-0.3, -0.25) is 92.5 Å². The van der Waals surface area contributed by atoms with Gasteiger partial charge in [0.25, 0.3) is 0 Å². The molecule has 0 aromatic heterocycles. The van der Waals surface area contributed by atoms with Crippen molar-refractivity contribution in [1.29, 1.82) is 10.8 Å². The van der Waals surface area contributed by atoms with E-state index in [1.807, 2.05) is 0 Å². The summed E-state index contributed by atoms with van der Waals surface area (Å²) in [5.41, 5.74) is 22.6. The molecule has 3 fully saturated rings. The van der Waals surface area contributed by atoms with Gasteiger partial charge < -0.3 is 132 Å². The summed E-state index contributed by atoms with van der Waals surface area (Å²) in [6.45, 7) is 4.02. The van der Waals surface area contributed by atoms with Gasteiger partial charge in [0, 0.05) is 78.2 Å². The van der Waals surface area contributed by atoms with Crippen molar-refractivity contribution in [3.8, 4) is 11.5 Å². The highest BCUT2D eigenvalue weighted by Crippen LogP contribution is 2.28. The molecule has 714 valence electrons. The van der Waals surface area contributed by atoms with Gasteiger partial charge in [-0.25, -0.2) is 19.3 Å². The van der Waals surface area contributed by atoms with Crippen molar-refractivity contribution in [2.45, 2.75) is 210 Å². The van der Waals surface area contributed by atoms with Gasteiger partial charge >= 0.3 is 42.0 Å². The van der Waals surface area contributed by atoms with Gasteiger partial charge in [0.1, 0.15) is 78.0 Å². The highest BCUT2D eigenvalue weighted by molar-refractivity contribution is 6.01. The van der Waals surface area contributed by atoms with E-state index in [0.29, 0.717) is 5.56 Å². The Kier molecular flexibility index (Phi) is 42.4. The molecule has 11 atom stereocenters. The van der Waals surface area contributed by atoms with Crippen LogP contribution in [0.2, 0.25) is 0 Å². The third-order valence-corrected chi connectivity index (χ3v) is 21.7. The molecule has 0 unspecified atom stereocenters. The average Bonchev–Trinajstić information content (AvgIpc) is 1.73. The van der Waals surface area contributed by atoms with Crippen molar-refractivity contribution in [3.63, 3.8) is 0 Å². The number of carboxylic acid groups (broad SMARTS) is 6. The first-order chi connectivity index (χ1) is 60.7. The van der Waals surface area contributed by atoms with Crippen LogP contribution in [0, 0.1) is 28.1 Å². The van der Waals surface area contributed by atoms with E-state index in [2.05, 4.69) is 53.2 Å². The van der Waals surface area contributed by atoms with E-state index in [9.17, 15) is 108 Å². The number of aliphatic carboxylic acids is 5. The van der Waals surface area contributed by atoms with Crippen LogP contribution >= 0.6 is 0 Å². The van der Waals surface area contributed by atoms with E-state index in [0.717, 1.165) is 14.7 Å². The lowest BCUT2D eigenvalue weighted by molar-refractivity contribution is -0.144. The van der Waals surface area contributed by atoms with Gasteiger partial charge in [-0.15, -0.1) is 0 Å². The van der Waals surface area contributed by atoms with Gasteiger partial charge in [0.05, 0.1) is 26.1 Å². The Morgan fingerprint density at radius 1 is 0.488 bits per heavy atom. The molecule has 0 radical (unpaired) electrons. The van der Waals surface area contributed by atoms with Crippen LogP contribution in [0.15, 0.2) is 48.5 Å². The molecule has 2 aromatic carbocycles. The van der Waals surface area contributed by atoms with E-state index in [1.165, 1.54) is 58.3 Å². The Bertz CT molecular complexity index is 4280. The molecule has 129 heavy (non-hydrogen) atoms. The number of carboxylic acids is 5. The molecule has 0 spiro atoms.